The molecule has 0 fully saturated rings. The van der Waals surface area contributed by atoms with E-state index < -0.39 is 0 Å². The number of rotatable bonds is 4. The minimum atomic E-state index is -0.0918. The summed E-state index contributed by atoms with van der Waals surface area (Å²) in [7, 11) is 0. The number of hydrogen-bond acceptors (Lipinski definition) is 3. The monoisotopic (exact) mass is 208 g/mol. The van der Waals surface area contributed by atoms with Crippen molar-refractivity contribution in [1.82, 2.24) is 4.98 Å². The maximum Gasteiger partial charge on any atom is 0.253 e. The average molecular weight is 208 g/mol. The number of aromatic nitrogens is 1. The highest BCUT2D eigenvalue weighted by atomic mass is 16.1. The van der Waals surface area contributed by atoms with Crippen molar-refractivity contribution in [2.75, 3.05) is 0 Å². The van der Waals surface area contributed by atoms with Gasteiger partial charge in [-0.25, -0.2) is 0 Å². The lowest BCUT2D eigenvalue weighted by molar-refractivity contribution is 0.837. The molecule has 1 rings (SSSR count). The molecule has 0 saturated heterocycles. The second-order valence-electron chi connectivity index (χ2n) is 3.45. The Kier molecular flexibility index (Phi) is 4.03. The number of nitrogens with two attached hydrogens (primary N) is 1. The Morgan fingerprint density at radius 1 is 1.53 bits per heavy atom. The van der Waals surface area contributed by atoms with Gasteiger partial charge in [0, 0.05) is 11.3 Å². The van der Waals surface area contributed by atoms with Gasteiger partial charge in [0.25, 0.3) is 5.56 Å². The minimum absolute atomic E-state index is 0.0918. The van der Waals surface area contributed by atoms with Crippen molar-refractivity contribution in [2.24, 2.45) is 16.2 Å². The number of H-pyrrole nitrogens is 1. The lowest BCUT2D eigenvalue weighted by Crippen LogP contribution is -2.16. The van der Waals surface area contributed by atoms with Crippen LogP contribution in [0.2, 0.25) is 0 Å². The molecule has 0 aromatic carbocycles. The van der Waals surface area contributed by atoms with E-state index in [0.29, 0.717) is 5.56 Å². The van der Waals surface area contributed by atoms with Crippen molar-refractivity contribution in [2.45, 2.75) is 33.2 Å². The Morgan fingerprint density at radius 3 is 2.80 bits per heavy atom. The molecule has 1 aromatic heterocycles. The first-order valence-electron chi connectivity index (χ1n) is 4.97. The van der Waals surface area contributed by atoms with Crippen LogP contribution in [0.5, 0.6) is 0 Å². The molecule has 0 saturated carbocycles. The van der Waals surface area contributed by atoms with Crippen LogP contribution < -0.4 is 11.4 Å². The molecule has 0 aliphatic rings. The van der Waals surface area contributed by atoms with E-state index in [1.54, 1.807) is 0 Å². The SMILES string of the molecule is CCCc1cc(C)c(CN=NN)c(=O)[nH]1. The molecule has 15 heavy (non-hydrogen) atoms. The number of aromatic amines is 1. The van der Waals surface area contributed by atoms with Gasteiger partial charge in [0.15, 0.2) is 0 Å². The van der Waals surface area contributed by atoms with Crippen LogP contribution in [-0.4, -0.2) is 4.98 Å². The van der Waals surface area contributed by atoms with Crippen molar-refractivity contribution in [3.8, 4) is 0 Å². The molecule has 5 nitrogen and oxygen atoms in total. The largest absolute Gasteiger partial charge is 0.326 e. The van der Waals surface area contributed by atoms with Crippen molar-refractivity contribution >= 4 is 0 Å². The van der Waals surface area contributed by atoms with E-state index in [1.807, 2.05) is 13.0 Å². The minimum Gasteiger partial charge on any atom is -0.326 e. The highest BCUT2D eigenvalue weighted by molar-refractivity contribution is 5.25. The third-order valence-electron chi connectivity index (χ3n) is 2.24. The zero-order valence-corrected chi connectivity index (χ0v) is 9.08. The molecular formula is C10H16N4O. The molecule has 5 heteroatoms. The van der Waals surface area contributed by atoms with E-state index in [2.05, 4.69) is 22.2 Å². The molecule has 0 atom stereocenters. The second kappa shape index (κ2) is 5.29. The summed E-state index contributed by atoms with van der Waals surface area (Å²) in [4.78, 5) is 14.5. The summed E-state index contributed by atoms with van der Waals surface area (Å²) < 4.78 is 0. The van der Waals surface area contributed by atoms with Crippen molar-refractivity contribution < 1.29 is 0 Å². The molecule has 0 spiro atoms. The molecule has 0 aliphatic carbocycles. The summed E-state index contributed by atoms with van der Waals surface area (Å²) in [5.74, 6) is 4.90. The van der Waals surface area contributed by atoms with Gasteiger partial charge in [-0.3, -0.25) is 4.79 Å². The molecule has 0 unspecified atom stereocenters. The van der Waals surface area contributed by atoms with Crippen LogP contribution in [0.25, 0.3) is 0 Å². The highest BCUT2D eigenvalue weighted by Gasteiger charge is 2.05. The van der Waals surface area contributed by atoms with E-state index in [1.165, 1.54) is 0 Å². The second-order valence-corrected chi connectivity index (χ2v) is 3.45. The molecule has 1 aromatic rings. The zero-order chi connectivity index (χ0) is 11.3. The van der Waals surface area contributed by atoms with E-state index >= 15 is 0 Å². The van der Waals surface area contributed by atoms with Crippen molar-refractivity contribution in [3.63, 3.8) is 0 Å². The number of nitrogens with zero attached hydrogens (tertiary/aromatic N) is 2. The first kappa shape index (κ1) is 11.4. The fourth-order valence-electron chi connectivity index (χ4n) is 1.50. The molecule has 0 amide bonds. The van der Waals surface area contributed by atoms with E-state index in [0.717, 1.165) is 24.1 Å². The van der Waals surface area contributed by atoms with Gasteiger partial charge >= 0.3 is 0 Å². The normalized spacial score (nSPS) is 11.1. The number of pyridine rings is 1. The Hall–Kier alpha value is -1.65. The fourth-order valence-corrected chi connectivity index (χ4v) is 1.50. The molecular weight excluding hydrogens is 192 g/mol. The third-order valence-corrected chi connectivity index (χ3v) is 2.24. The molecule has 3 N–H and O–H groups in total. The molecule has 0 aliphatic heterocycles. The van der Waals surface area contributed by atoms with E-state index in [-0.39, 0.29) is 12.1 Å². The molecule has 1 heterocycles. The van der Waals surface area contributed by atoms with Crippen LogP contribution in [0, 0.1) is 6.92 Å². The summed E-state index contributed by atoms with van der Waals surface area (Å²) in [5, 5.41) is 6.77. The summed E-state index contributed by atoms with van der Waals surface area (Å²) in [6.07, 6.45) is 1.89. The van der Waals surface area contributed by atoms with E-state index in [4.69, 9.17) is 5.84 Å². The quantitative estimate of drug-likeness (QED) is 0.446. The number of aryl methyl sites for hydroxylation is 2. The molecule has 82 valence electrons. The third kappa shape index (κ3) is 2.90. The zero-order valence-electron chi connectivity index (χ0n) is 9.08. The molecule has 0 radical (unpaired) electrons. The maximum atomic E-state index is 11.6. The van der Waals surface area contributed by atoms with Gasteiger partial charge in [-0.1, -0.05) is 18.6 Å². The maximum absolute atomic E-state index is 11.6. The van der Waals surface area contributed by atoms with Gasteiger partial charge < -0.3 is 10.8 Å². The van der Waals surface area contributed by atoms with Crippen LogP contribution in [0.1, 0.15) is 30.2 Å². The first-order chi connectivity index (χ1) is 7.19. The summed E-state index contributed by atoms with van der Waals surface area (Å²) in [5.41, 5.74) is 2.44. The van der Waals surface area contributed by atoms with Crippen LogP contribution in [0.3, 0.4) is 0 Å². The fraction of sp³-hybridized carbons (Fsp3) is 0.500. The molecule has 0 bridgehead atoms. The van der Waals surface area contributed by atoms with Crippen LogP contribution in [0.15, 0.2) is 21.2 Å². The number of hydrogen-bond donors (Lipinski definition) is 2. The Morgan fingerprint density at radius 2 is 2.27 bits per heavy atom. The number of nitrogens with one attached hydrogen (secondary N) is 1. The van der Waals surface area contributed by atoms with Gasteiger partial charge in [-0.15, -0.1) is 0 Å². The van der Waals surface area contributed by atoms with Gasteiger partial charge in [0.1, 0.15) is 0 Å². The van der Waals surface area contributed by atoms with Crippen molar-refractivity contribution in [1.29, 1.82) is 0 Å². The summed E-state index contributed by atoms with van der Waals surface area (Å²) in [6, 6.07) is 1.98. The summed E-state index contributed by atoms with van der Waals surface area (Å²) in [6.45, 7) is 4.21. The predicted octanol–water partition coefficient (Wildman–Crippen LogP) is 1.46. The lowest BCUT2D eigenvalue weighted by atomic mass is 10.1. The smallest absolute Gasteiger partial charge is 0.253 e. The topological polar surface area (TPSA) is 83.6 Å². The van der Waals surface area contributed by atoms with Gasteiger partial charge in [-0.2, -0.15) is 5.11 Å². The van der Waals surface area contributed by atoms with Gasteiger partial charge in [0.05, 0.1) is 6.54 Å². The summed E-state index contributed by atoms with van der Waals surface area (Å²) >= 11 is 0. The average Bonchev–Trinajstić information content (AvgIpc) is 2.17. The van der Waals surface area contributed by atoms with Crippen molar-refractivity contribution in [3.05, 3.63) is 33.2 Å². The standard InChI is InChI=1S/C10H16N4O/c1-3-4-8-5-7(2)9(6-12-14-11)10(15)13-8/h5H,3-4,6H2,1-2H3,(H2,11,12)(H,13,15). The lowest BCUT2D eigenvalue weighted by Gasteiger charge is -2.04. The first-order valence-corrected chi connectivity index (χ1v) is 4.97. The Bertz CT molecular complexity index is 408. The van der Waals surface area contributed by atoms with Crippen LogP contribution in [0.4, 0.5) is 0 Å². The van der Waals surface area contributed by atoms with Gasteiger partial charge in [0.2, 0.25) is 0 Å². The van der Waals surface area contributed by atoms with Gasteiger partial charge in [-0.05, 0) is 25.0 Å². The predicted molar refractivity (Wildman–Crippen MR) is 58.5 cm³/mol. The van der Waals surface area contributed by atoms with Crippen LogP contribution >= 0.6 is 0 Å². The highest BCUT2D eigenvalue weighted by Crippen LogP contribution is 2.06. The van der Waals surface area contributed by atoms with Crippen LogP contribution in [-0.2, 0) is 13.0 Å². The Labute approximate surface area is 88.4 Å². The van der Waals surface area contributed by atoms with E-state index in [9.17, 15) is 4.79 Å². The Balaban J connectivity index is 3.04.